The van der Waals surface area contributed by atoms with Gasteiger partial charge in [-0.2, -0.15) is 0 Å². The van der Waals surface area contributed by atoms with Crippen molar-refractivity contribution in [3.8, 4) is 0 Å². The number of nitrogens with zero attached hydrogens (tertiary/aromatic N) is 2. The van der Waals surface area contributed by atoms with Gasteiger partial charge in [0.1, 0.15) is 5.82 Å². The van der Waals surface area contributed by atoms with E-state index in [2.05, 4.69) is 48.1 Å². The highest BCUT2D eigenvalue weighted by molar-refractivity contribution is 5.40. The van der Waals surface area contributed by atoms with Crippen LogP contribution in [0.5, 0.6) is 0 Å². The predicted octanol–water partition coefficient (Wildman–Crippen LogP) is 3.22. The predicted molar refractivity (Wildman–Crippen MR) is 89.8 cm³/mol. The molecular weight excluding hydrogens is 262 g/mol. The van der Waals surface area contributed by atoms with Gasteiger partial charge in [0.15, 0.2) is 0 Å². The lowest BCUT2D eigenvalue weighted by molar-refractivity contribution is 0.202. The molecule has 1 heterocycles. The van der Waals surface area contributed by atoms with Gasteiger partial charge in [0.05, 0.1) is 6.61 Å². The van der Waals surface area contributed by atoms with Crippen molar-refractivity contribution in [3.05, 3.63) is 23.9 Å². The first-order chi connectivity index (χ1) is 10.3. The van der Waals surface area contributed by atoms with Crippen molar-refractivity contribution in [2.24, 2.45) is 0 Å². The number of anilines is 1. The summed E-state index contributed by atoms with van der Waals surface area (Å²) >= 11 is 0. The first-order valence-corrected chi connectivity index (χ1v) is 8.17. The molecule has 4 heteroatoms. The van der Waals surface area contributed by atoms with Crippen molar-refractivity contribution in [1.82, 2.24) is 10.3 Å². The standard InChI is InChI=1S/C17H31N3O/c1-5-10-18-13-15-8-9-17(19-14-15)20(11-12-21-4)16(6-2)7-3/h8-9,14,16,18H,5-7,10-13H2,1-4H3. The topological polar surface area (TPSA) is 37.4 Å². The molecule has 0 aliphatic rings. The van der Waals surface area contributed by atoms with Crippen molar-refractivity contribution < 1.29 is 4.74 Å². The number of hydrogen-bond donors (Lipinski definition) is 1. The molecule has 120 valence electrons. The molecule has 0 unspecified atom stereocenters. The second-order valence-corrected chi connectivity index (χ2v) is 5.36. The molecule has 4 nitrogen and oxygen atoms in total. The number of aromatic nitrogens is 1. The summed E-state index contributed by atoms with van der Waals surface area (Å²) in [6.07, 6.45) is 5.40. The van der Waals surface area contributed by atoms with E-state index in [4.69, 9.17) is 4.74 Å². The number of pyridine rings is 1. The smallest absolute Gasteiger partial charge is 0.128 e. The van der Waals surface area contributed by atoms with Gasteiger partial charge in [0, 0.05) is 32.4 Å². The van der Waals surface area contributed by atoms with E-state index < -0.39 is 0 Å². The molecule has 0 aliphatic carbocycles. The molecule has 1 aromatic heterocycles. The number of hydrogen-bond acceptors (Lipinski definition) is 4. The highest BCUT2D eigenvalue weighted by Crippen LogP contribution is 2.18. The normalized spacial score (nSPS) is 11.1. The summed E-state index contributed by atoms with van der Waals surface area (Å²) in [6, 6.07) is 4.83. The lowest BCUT2D eigenvalue weighted by atomic mass is 10.1. The molecule has 0 bridgehead atoms. The molecule has 0 radical (unpaired) electrons. The molecule has 1 aromatic rings. The third-order valence-electron chi connectivity index (χ3n) is 3.78. The maximum absolute atomic E-state index is 5.24. The van der Waals surface area contributed by atoms with Crippen molar-refractivity contribution >= 4 is 5.82 Å². The molecule has 0 fully saturated rings. The quantitative estimate of drug-likeness (QED) is 0.636. The Balaban J connectivity index is 2.72. The zero-order chi connectivity index (χ0) is 15.5. The van der Waals surface area contributed by atoms with Gasteiger partial charge >= 0.3 is 0 Å². The van der Waals surface area contributed by atoms with E-state index in [1.54, 1.807) is 7.11 Å². The Labute approximate surface area is 129 Å². The molecule has 0 saturated carbocycles. The van der Waals surface area contributed by atoms with Gasteiger partial charge in [-0.05, 0) is 37.4 Å². The van der Waals surface area contributed by atoms with E-state index in [-0.39, 0.29) is 0 Å². The van der Waals surface area contributed by atoms with Gasteiger partial charge < -0.3 is 15.0 Å². The highest BCUT2D eigenvalue weighted by atomic mass is 16.5. The van der Waals surface area contributed by atoms with Crippen LogP contribution in [0, 0.1) is 0 Å². The minimum Gasteiger partial charge on any atom is -0.383 e. The van der Waals surface area contributed by atoms with E-state index in [0.29, 0.717) is 6.04 Å². The summed E-state index contributed by atoms with van der Waals surface area (Å²) in [5, 5.41) is 3.41. The van der Waals surface area contributed by atoms with E-state index >= 15 is 0 Å². The van der Waals surface area contributed by atoms with Crippen LogP contribution < -0.4 is 10.2 Å². The summed E-state index contributed by atoms with van der Waals surface area (Å²) in [4.78, 5) is 7.03. The fraction of sp³-hybridized carbons (Fsp3) is 0.706. The van der Waals surface area contributed by atoms with Crippen LogP contribution in [-0.4, -0.2) is 37.8 Å². The molecule has 0 amide bonds. The molecular formula is C17H31N3O. The molecule has 0 saturated heterocycles. The first kappa shape index (κ1) is 17.9. The maximum atomic E-state index is 5.24. The largest absolute Gasteiger partial charge is 0.383 e. The summed E-state index contributed by atoms with van der Waals surface area (Å²) in [5.41, 5.74) is 1.24. The molecule has 21 heavy (non-hydrogen) atoms. The van der Waals surface area contributed by atoms with Gasteiger partial charge in [-0.1, -0.05) is 26.8 Å². The SMILES string of the molecule is CCCNCc1ccc(N(CCOC)C(CC)CC)nc1. The zero-order valence-electron chi connectivity index (χ0n) is 14.1. The van der Waals surface area contributed by atoms with Crippen LogP contribution in [0.15, 0.2) is 18.3 Å². The molecule has 0 atom stereocenters. The Morgan fingerprint density at radius 1 is 1.24 bits per heavy atom. The molecule has 0 aromatic carbocycles. The summed E-state index contributed by atoms with van der Waals surface area (Å²) in [7, 11) is 1.75. The average Bonchev–Trinajstić information content (AvgIpc) is 2.52. The fourth-order valence-electron chi connectivity index (χ4n) is 2.50. The molecule has 0 aliphatic heterocycles. The van der Waals surface area contributed by atoms with Gasteiger partial charge in [-0.25, -0.2) is 4.98 Å². The Bertz CT molecular complexity index is 363. The van der Waals surface area contributed by atoms with Crippen molar-refractivity contribution in [3.63, 3.8) is 0 Å². The van der Waals surface area contributed by atoms with Gasteiger partial charge in [-0.15, -0.1) is 0 Å². The second kappa shape index (κ2) is 10.6. The van der Waals surface area contributed by atoms with Crippen molar-refractivity contribution in [2.75, 3.05) is 31.7 Å². The number of nitrogens with one attached hydrogen (secondary N) is 1. The zero-order valence-corrected chi connectivity index (χ0v) is 14.1. The average molecular weight is 293 g/mol. The summed E-state index contributed by atoms with van der Waals surface area (Å²) < 4.78 is 5.24. The van der Waals surface area contributed by atoms with Crippen LogP contribution in [0.2, 0.25) is 0 Å². The van der Waals surface area contributed by atoms with E-state index in [9.17, 15) is 0 Å². The lowest BCUT2D eigenvalue weighted by Crippen LogP contribution is -2.37. The third kappa shape index (κ3) is 6.02. The van der Waals surface area contributed by atoms with E-state index in [0.717, 1.165) is 51.3 Å². The molecule has 1 rings (SSSR count). The van der Waals surface area contributed by atoms with Gasteiger partial charge in [-0.3, -0.25) is 0 Å². The Hall–Kier alpha value is -1.13. The fourth-order valence-corrected chi connectivity index (χ4v) is 2.50. The minimum atomic E-state index is 0.525. The summed E-state index contributed by atoms with van der Waals surface area (Å²) in [5.74, 6) is 1.06. The van der Waals surface area contributed by atoms with Crippen LogP contribution in [0.4, 0.5) is 5.82 Å². The number of ether oxygens (including phenoxy) is 1. The number of methoxy groups -OCH3 is 1. The van der Waals surface area contributed by atoms with Crippen LogP contribution >= 0.6 is 0 Å². The van der Waals surface area contributed by atoms with E-state index in [1.807, 2.05) is 6.20 Å². The van der Waals surface area contributed by atoms with Crippen LogP contribution in [0.25, 0.3) is 0 Å². The Morgan fingerprint density at radius 2 is 2.00 bits per heavy atom. The van der Waals surface area contributed by atoms with Gasteiger partial charge in [0.25, 0.3) is 0 Å². The first-order valence-electron chi connectivity index (χ1n) is 8.17. The van der Waals surface area contributed by atoms with Crippen LogP contribution in [-0.2, 0) is 11.3 Å². The summed E-state index contributed by atoms with van der Waals surface area (Å²) in [6.45, 7) is 10.2. The lowest BCUT2D eigenvalue weighted by Gasteiger charge is -2.31. The monoisotopic (exact) mass is 293 g/mol. The maximum Gasteiger partial charge on any atom is 0.128 e. The van der Waals surface area contributed by atoms with E-state index in [1.165, 1.54) is 5.56 Å². The van der Waals surface area contributed by atoms with Crippen molar-refractivity contribution in [2.45, 2.75) is 52.6 Å². The molecule has 1 N–H and O–H groups in total. The van der Waals surface area contributed by atoms with Gasteiger partial charge in [0.2, 0.25) is 0 Å². The highest BCUT2D eigenvalue weighted by Gasteiger charge is 2.16. The van der Waals surface area contributed by atoms with Crippen molar-refractivity contribution in [1.29, 1.82) is 0 Å². The molecule has 0 spiro atoms. The van der Waals surface area contributed by atoms with Crippen LogP contribution in [0.3, 0.4) is 0 Å². The Morgan fingerprint density at radius 3 is 2.52 bits per heavy atom. The number of rotatable bonds is 11. The van der Waals surface area contributed by atoms with Crippen LogP contribution in [0.1, 0.15) is 45.6 Å². The Kier molecular flexibility index (Phi) is 9.02. The second-order valence-electron chi connectivity index (χ2n) is 5.36. The third-order valence-corrected chi connectivity index (χ3v) is 3.78. The minimum absolute atomic E-state index is 0.525.